The first-order chi connectivity index (χ1) is 19.0. The Labute approximate surface area is 240 Å². The molecular formula is C31H41N3O4SSi. The van der Waals surface area contributed by atoms with Crippen molar-refractivity contribution < 1.29 is 17.6 Å². The van der Waals surface area contributed by atoms with Crippen LogP contribution in [0.25, 0.3) is 6.08 Å². The molecule has 0 aromatic heterocycles. The molecule has 0 saturated carbocycles. The molecule has 1 spiro atoms. The van der Waals surface area contributed by atoms with E-state index in [2.05, 4.69) is 37.4 Å². The molecule has 2 aromatic carbocycles. The van der Waals surface area contributed by atoms with Gasteiger partial charge in [0.2, 0.25) is 15.0 Å². The summed E-state index contributed by atoms with van der Waals surface area (Å²) in [6, 6.07) is 13.7. The number of benzene rings is 2. The number of rotatable bonds is 7. The molecule has 9 heteroatoms. The highest BCUT2D eigenvalue weighted by Crippen LogP contribution is 2.50. The number of hydrogen-bond donors (Lipinski definition) is 2. The van der Waals surface area contributed by atoms with Gasteiger partial charge in [0.15, 0.2) is 9.04 Å². The van der Waals surface area contributed by atoms with Crippen molar-refractivity contribution in [2.45, 2.75) is 69.6 Å². The maximum absolute atomic E-state index is 13.9. The number of nitrogens with one attached hydrogen (secondary N) is 1. The molecule has 1 saturated heterocycles. The Bertz CT molecular complexity index is 1440. The van der Waals surface area contributed by atoms with E-state index in [1.54, 1.807) is 0 Å². The van der Waals surface area contributed by atoms with Gasteiger partial charge in [-0.15, -0.1) is 0 Å². The quantitative estimate of drug-likeness (QED) is 0.463. The molecule has 0 amide bonds. The molecule has 5 rings (SSSR count). The highest BCUT2D eigenvalue weighted by Gasteiger charge is 2.55. The third-order valence-corrected chi connectivity index (χ3v) is 11.3. The SMILES string of the molecule is CC(C)[C@H]([C@@H]1CCc2cc(C#N)ccc2C1)C(O[SiH](C)C)(c1ccc2c(c1)C=CC1(CCNCC1)O2)S(N)(=O)=O. The molecule has 1 unspecified atom stereocenters. The number of fused-ring (bicyclic) bond motifs is 2. The zero-order valence-corrected chi connectivity index (χ0v) is 25.9. The summed E-state index contributed by atoms with van der Waals surface area (Å²) in [6.07, 6.45) is 8.29. The van der Waals surface area contributed by atoms with E-state index in [9.17, 15) is 13.7 Å². The Balaban J connectivity index is 1.60. The van der Waals surface area contributed by atoms with Crippen LogP contribution in [0.2, 0.25) is 13.1 Å². The highest BCUT2D eigenvalue weighted by molar-refractivity contribution is 7.90. The third kappa shape index (κ3) is 5.28. The molecule has 7 nitrogen and oxygen atoms in total. The Hall–Kier alpha value is -2.48. The lowest BCUT2D eigenvalue weighted by molar-refractivity contribution is 0.0161. The van der Waals surface area contributed by atoms with Gasteiger partial charge in [-0.3, -0.25) is 0 Å². The fourth-order valence-electron chi connectivity index (χ4n) is 7.16. The van der Waals surface area contributed by atoms with Crippen molar-refractivity contribution in [1.82, 2.24) is 5.32 Å². The van der Waals surface area contributed by atoms with Crippen LogP contribution < -0.4 is 15.2 Å². The number of primary sulfonamides is 1. The van der Waals surface area contributed by atoms with Crippen LogP contribution in [0, 0.1) is 29.1 Å². The number of nitrogens with two attached hydrogens (primary N) is 1. The molecule has 2 aromatic rings. The first kappa shape index (κ1) is 29.0. The van der Waals surface area contributed by atoms with E-state index in [1.807, 2.05) is 49.5 Å². The fourth-order valence-corrected chi connectivity index (χ4v) is 10.6. The summed E-state index contributed by atoms with van der Waals surface area (Å²) in [5, 5.41) is 19.0. The third-order valence-electron chi connectivity index (χ3n) is 8.84. The second kappa shape index (κ2) is 11.1. The van der Waals surface area contributed by atoms with Crippen molar-refractivity contribution in [2.24, 2.45) is 22.9 Å². The van der Waals surface area contributed by atoms with E-state index >= 15 is 0 Å². The number of nitriles is 1. The Morgan fingerprint density at radius 2 is 1.93 bits per heavy atom. The van der Waals surface area contributed by atoms with Crippen LogP contribution in [0.4, 0.5) is 0 Å². The summed E-state index contributed by atoms with van der Waals surface area (Å²) in [7, 11) is -6.12. The van der Waals surface area contributed by atoms with E-state index in [0.717, 1.165) is 50.1 Å². The number of sulfonamides is 1. The molecule has 0 bridgehead atoms. The second-order valence-electron chi connectivity index (χ2n) is 12.2. The van der Waals surface area contributed by atoms with Crippen molar-refractivity contribution in [1.29, 1.82) is 5.26 Å². The predicted octanol–water partition coefficient (Wildman–Crippen LogP) is 4.60. The lowest BCUT2D eigenvalue weighted by Gasteiger charge is -2.47. The molecule has 0 radical (unpaired) electrons. The first-order valence-electron chi connectivity index (χ1n) is 14.4. The van der Waals surface area contributed by atoms with Gasteiger partial charge in [-0.25, -0.2) is 13.6 Å². The van der Waals surface area contributed by atoms with Gasteiger partial charge in [-0.2, -0.15) is 5.26 Å². The van der Waals surface area contributed by atoms with Crippen molar-refractivity contribution >= 4 is 25.1 Å². The fraction of sp³-hybridized carbons (Fsp3) is 0.516. The summed E-state index contributed by atoms with van der Waals surface area (Å²) in [6.45, 7) is 9.95. The van der Waals surface area contributed by atoms with Crippen LogP contribution in [0.15, 0.2) is 42.5 Å². The lowest BCUT2D eigenvalue weighted by Crippen LogP contribution is -2.55. The van der Waals surface area contributed by atoms with E-state index in [0.29, 0.717) is 17.5 Å². The van der Waals surface area contributed by atoms with E-state index in [1.165, 1.54) is 11.1 Å². The van der Waals surface area contributed by atoms with Gasteiger partial charge in [0.05, 0.1) is 11.6 Å². The van der Waals surface area contributed by atoms with Crippen molar-refractivity contribution in [3.63, 3.8) is 0 Å². The number of aryl methyl sites for hydroxylation is 1. The topological polar surface area (TPSA) is 114 Å². The largest absolute Gasteiger partial charge is 0.482 e. The van der Waals surface area contributed by atoms with Gasteiger partial charge < -0.3 is 14.5 Å². The maximum Gasteiger partial charge on any atom is 0.242 e. The van der Waals surface area contributed by atoms with Crippen molar-refractivity contribution in [2.75, 3.05) is 13.1 Å². The van der Waals surface area contributed by atoms with Gasteiger partial charge in [-0.05, 0) is 98.8 Å². The summed E-state index contributed by atoms with van der Waals surface area (Å²) in [4.78, 5) is -1.68. The number of nitrogens with zero attached hydrogens (tertiary/aromatic N) is 1. The van der Waals surface area contributed by atoms with Gasteiger partial charge in [0, 0.05) is 29.9 Å². The molecule has 40 heavy (non-hydrogen) atoms. The van der Waals surface area contributed by atoms with Crippen LogP contribution >= 0.6 is 0 Å². The molecule has 1 aliphatic carbocycles. The van der Waals surface area contributed by atoms with E-state index in [-0.39, 0.29) is 23.4 Å². The minimum Gasteiger partial charge on any atom is -0.482 e. The van der Waals surface area contributed by atoms with Crippen LogP contribution in [-0.4, -0.2) is 36.1 Å². The lowest BCUT2D eigenvalue weighted by atomic mass is 9.69. The molecular weight excluding hydrogens is 539 g/mol. The van der Waals surface area contributed by atoms with Crippen LogP contribution in [0.1, 0.15) is 60.9 Å². The number of piperidine rings is 1. The van der Waals surface area contributed by atoms with Gasteiger partial charge in [0.1, 0.15) is 11.4 Å². The molecule has 3 atom stereocenters. The summed E-state index contributed by atoms with van der Waals surface area (Å²) < 4.78 is 41.0. The Kier molecular flexibility index (Phi) is 8.03. The first-order valence-corrected chi connectivity index (χ1v) is 18.8. The Morgan fingerprint density at radius 3 is 2.58 bits per heavy atom. The number of ether oxygens (including phenoxy) is 1. The zero-order chi connectivity index (χ0) is 28.7. The smallest absolute Gasteiger partial charge is 0.242 e. The van der Waals surface area contributed by atoms with Crippen LogP contribution in [0.3, 0.4) is 0 Å². The van der Waals surface area contributed by atoms with Gasteiger partial charge in [0.25, 0.3) is 0 Å². The second-order valence-corrected chi connectivity index (χ2v) is 16.3. The average Bonchev–Trinajstić information content (AvgIpc) is 2.91. The molecule has 3 aliphatic rings. The molecule has 1 fully saturated rings. The van der Waals surface area contributed by atoms with Crippen molar-refractivity contribution in [3.8, 4) is 11.8 Å². The van der Waals surface area contributed by atoms with Gasteiger partial charge in [-0.1, -0.05) is 32.1 Å². The molecule has 2 aliphatic heterocycles. The van der Waals surface area contributed by atoms with Crippen molar-refractivity contribution in [3.05, 3.63) is 70.3 Å². The van der Waals surface area contributed by atoms with E-state index < -0.39 is 24.0 Å². The average molecular weight is 580 g/mol. The Morgan fingerprint density at radius 1 is 1.18 bits per heavy atom. The normalized spacial score (nSPS) is 22.2. The maximum atomic E-state index is 13.9. The van der Waals surface area contributed by atoms with Crippen LogP contribution in [0.5, 0.6) is 5.75 Å². The summed E-state index contributed by atoms with van der Waals surface area (Å²) in [5.74, 6) is 0.409. The van der Waals surface area contributed by atoms with Gasteiger partial charge >= 0.3 is 0 Å². The monoisotopic (exact) mass is 579 g/mol. The highest BCUT2D eigenvalue weighted by atomic mass is 32.2. The van der Waals surface area contributed by atoms with Crippen LogP contribution in [-0.2, 0) is 32.2 Å². The zero-order valence-electron chi connectivity index (χ0n) is 23.9. The predicted molar refractivity (Wildman–Crippen MR) is 161 cm³/mol. The minimum absolute atomic E-state index is 0.0168. The summed E-state index contributed by atoms with van der Waals surface area (Å²) >= 11 is 0. The standard InChI is InChI=1S/C31H41N3O4SSi/c1-21(2)29(26-8-7-23-17-22(20-32)5-6-24(23)18-26)31(38-40(3)4,39(33,35)36)27-9-10-28-25(19-27)11-12-30(37-28)13-15-34-16-14-30/h5-6,9-12,17,19,21,26,29,34,40H,7-8,13-16,18H2,1-4H3,(H2,33,35,36)/t26-,29-,31?/m1/s1. The van der Waals surface area contributed by atoms with E-state index in [4.69, 9.17) is 14.3 Å². The molecule has 214 valence electrons. The summed E-state index contributed by atoms with van der Waals surface area (Å²) in [5.41, 5.74) is 4.10. The number of hydrogen-bond acceptors (Lipinski definition) is 6. The molecule has 3 N–H and O–H groups in total. The minimum atomic E-state index is -4.21. The molecule has 2 heterocycles.